The second kappa shape index (κ2) is 9.20. The molecule has 2 aromatic carbocycles. The molecule has 0 radical (unpaired) electrons. The van der Waals surface area contributed by atoms with E-state index in [4.69, 9.17) is 0 Å². The van der Waals surface area contributed by atoms with Crippen LogP contribution in [0.15, 0.2) is 72.8 Å². The number of piperidine rings is 1. The van der Waals surface area contributed by atoms with E-state index in [1.165, 1.54) is 11.1 Å². The van der Waals surface area contributed by atoms with Crippen LogP contribution in [0.5, 0.6) is 0 Å². The molecule has 2 aromatic rings. The van der Waals surface area contributed by atoms with Gasteiger partial charge in [0.05, 0.1) is 0 Å². The van der Waals surface area contributed by atoms with Crippen LogP contribution >= 0.6 is 0 Å². The van der Waals surface area contributed by atoms with Crippen molar-refractivity contribution in [1.29, 1.82) is 0 Å². The lowest BCUT2D eigenvalue weighted by atomic mass is 9.81. The second-order valence-corrected chi connectivity index (χ2v) is 8.12. The van der Waals surface area contributed by atoms with Gasteiger partial charge in [-0.25, -0.2) is 0 Å². The van der Waals surface area contributed by atoms with Crippen molar-refractivity contribution in [2.45, 2.75) is 32.4 Å². The van der Waals surface area contributed by atoms with Gasteiger partial charge in [0.25, 0.3) is 0 Å². The van der Waals surface area contributed by atoms with Gasteiger partial charge in [0.1, 0.15) is 0 Å². The highest BCUT2D eigenvalue weighted by molar-refractivity contribution is 5.80. The zero-order chi connectivity index (χ0) is 19.2. The van der Waals surface area contributed by atoms with Crippen LogP contribution in [-0.4, -0.2) is 35.3 Å². The van der Waals surface area contributed by atoms with E-state index in [-0.39, 0.29) is 5.92 Å². The number of rotatable bonds is 5. The fourth-order valence-corrected chi connectivity index (χ4v) is 4.57. The SMILES string of the molecule is O=C1C(C2CCN(Cc3ccccc3)CC2)CC=CCN1Cc1ccccc1. The van der Waals surface area contributed by atoms with E-state index >= 15 is 0 Å². The summed E-state index contributed by atoms with van der Waals surface area (Å²) in [6.07, 6.45) is 7.54. The molecular formula is C25H30N2O. The maximum absolute atomic E-state index is 13.3. The normalized spacial score (nSPS) is 21.6. The molecule has 1 amide bonds. The molecule has 1 unspecified atom stereocenters. The minimum atomic E-state index is 0.140. The van der Waals surface area contributed by atoms with Crippen molar-refractivity contribution in [3.05, 3.63) is 83.9 Å². The Hall–Kier alpha value is -2.39. The predicted octanol–water partition coefficient (Wildman–Crippen LogP) is 4.50. The topological polar surface area (TPSA) is 23.6 Å². The number of carbonyl (C=O) groups is 1. The monoisotopic (exact) mass is 374 g/mol. The molecule has 2 aliphatic heterocycles. The smallest absolute Gasteiger partial charge is 0.226 e. The first-order valence-corrected chi connectivity index (χ1v) is 10.5. The molecule has 0 saturated carbocycles. The number of hydrogen-bond acceptors (Lipinski definition) is 2. The van der Waals surface area contributed by atoms with E-state index in [0.29, 0.717) is 18.4 Å². The molecule has 2 heterocycles. The van der Waals surface area contributed by atoms with Gasteiger partial charge in [-0.3, -0.25) is 9.69 Å². The summed E-state index contributed by atoms with van der Waals surface area (Å²) in [6, 6.07) is 21.0. The Balaban J connectivity index is 1.35. The van der Waals surface area contributed by atoms with Crippen LogP contribution in [0.3, 0.4) is 0 Å². The molecule has 4 rings (SSSR count). The third kappa shape index (κ3) is 4.71. The number of carbonyl (C=O) groups excluding carboxylic acids is 1. The Bertz CT molecular complexity index is 779. The molecule has 1 fully saturated rings. The summed E-state index contributed by atoms with van der Waals surface area (Å²) in [4.78, 5) is 17.9. The zero-order valence-corrected chi connectivity index (χ0v) is 16.5. The Labute approximate surface area is 168 Å². The first kappa shape index (κ1) is 18.9. The number of benzene rings is 2. The van der Waals surface area contributed by atoms with Crippen molar-refractivity contribution >= 4 is 5.91 Å². The maximum atomic E-state index is 13.3. The van der Waals surface area contributed by atoms with E-state index in [1.807, 2.05) is 23.1 Å². The van der Waals surface area contributed by atoms with Crippen molar-refractivity contribution in [2.24, 2.45) is 11.8 Å². The van der Waals surface area contributed by atoms with Crippen LogP contribution in [-0.2, 0) is 17.9 Å². The highest BCUT2D eigenvalue weighted by Gasteiger charge is 2.34. The predicted molar refractivity (Wildman–Crippen MR) is 114 cm³/mol. The van der Waals surface area contributed by atoms with Crippen LogP contribution < -0.4 is 0 Å². The summed E-state index contributed by atoms with van der Waals surface area (Å²) in [5.74, 6) is 0.984. The summed E-state index contributed by atoms with van der Waals surface area (Å²) in [6.45, 7) is 4.65. The van der Waals surface area contributed by atoms with E-state index in [2.05, 4.69) is 59.5 Å². The zero-order valence-electron chi connectivity index (χ0n) is 16.5. The molecule has 1 saturated heterocycles. The first-order chi connectivity index (χ1) is 13.8. The van der Waals surface area contributed by atoms with Gasteiger partial charge in [0, 0.05) is 25.6 Å². The molecule has 3 heteroatoms. The summed E-state index contributed by atoms with van der Waals surface area (Å²) < 4.78 is 0. The molecule has 0 bridgehead atoms. The highest BCUT2D eigenvalue weighted by atomic mass is 16.2. The minimum Gasteiger partial charge on any atom is -0.334 e. The van der Waals surface area contributed by atoms with Crippen molar-refractivity contribution in [2.75, 3.05) is 19.6 Å². The van der Waals surface area contributed by atoms with Gasteiger partial charge < -0.3 is 4.90 Å². The van der Waals surface area contributed by atoms with Gasteiger partial charge in [-0.15, -0.1) is 0 Å². The number of amides is 1. The average Bonchev–Trinajstić information content (AvgIpc) is 2.92. The number of allylic oxidation sites excluding steroid dienone is 1. The fraction of sp³-hybridized carbons (Fsp3) is 0.400. The summed E-state index contributed by atoms with van der Waals surface area (Å²) in [5, 5.41) is 0. The molecule has 146 valence electrons. The van der Waals surface area contributed by atoms with Crippen molar-refractivity contribution < 1.29 is 4.79 Å². The molecule has 3 nitrogen and oxygen atoms in total. The fourth-order valence-electron chi connectivity index (χ4n) is 4.57. The quantitative estimate of drug-likeness (QED) is 0.719. The standard InChI is InChI=1S/C25H30N2O/c28-25-24(13-7-8-16-27(25)20-22-11-5-2-6-12-22)23-14-17-26(18-15-23)19-21-9-3-1-4-10-21/h1-12,23-24H,13-20H2. The lowest BCUT2D eigenvalue weighted by Gasteiger charge is -2.36. The highest BCUT2D eigenvalue weighted by Crippen LogP contribution is 2.31. The van der Waals surface area contributed by atoms with Gasteiger partial charge >= 0.3 is 0 Å². The van der Waals surface area contributed by atoms with Gasteiger partial charge in [0.15, 0.2) is 0 Å². The van der Waals surface area contributed by atoms with Crippen LogP contribution in [0.2, 0.25) is 0 Å². The number of nitrogens with zero attached hydrogens (tertiary/aromatic N) is 2. The van der Waals surface area contributed by atoms with Crippen LogP contribution in [0, 0.1) is 11.8 Å². The largest absolute Gasteiger partial charge is 0.334 e. The van der Waals surface area contributed by atoms with Crippen LogP contribution in [0.4, 0.5) is 0 Å². The molecular weight excluding hydrogens is 344 g/mol. The maximum Gasteiger partial charge on any atom is 0.226 e. The third-order valence-corrected chi connectivity index (χ3v) is 6.18. The molecule has 0 aliphatic carbocycles. The van der Waals surface area contributed by atoms with Gasteiger partial charge in [-0.1, -0.05) is 72.8 Å². The van der Waals surface area contributed by atoms with Crippen LogP contribution in [0.1, 0.15) is 30.4 Å². The lowest BCUT2D eigenvalue weighted by molar-refractivity contribution is -0.137. The minimum absolute atomic E-state index is 0.140. The summed E-state index contributed by atoms with van der Waals surface area (Å²) in [7, 11) is 0. The Morgan fingerprint density at radius 2 is 1.39 bits per heavy atom. The molecule has 0 aromatic heterocycles. The summed E-state index contributed by atoms with van der Waals surface area (Å²) >= 11 is 0. The lowest BCUT2D eigenvalue weighted by Crippen LogP contribution is -2.42. The molecule has 0 N–H and O–H groups in total. The van der Waals surface area contributed by atoms with E-state index < -0.39 is 0 Å². The summed E-state index contributed by atoms with van der Waals surface area (Å²) in [5.41, 5.74) is 2.59. The average molecular weight is 375 g/mol. The number of likely N-dealkylation sites (tertiary alicyclic amines) is 1. The van der Waals surface area contributed by atoms with Gasteiger partial charge in [0.2, 0.25) is 5.91 Å². The molecule has 0 spiro atoms. The Morgan fingerprint density at radius 1 is 0.786 bits per heavy atom. The van der Waals surface area contributed by atoms with E-state index in [0.717, 1.165) is 45.4 Å². The molecule has 28 heavy (non-hydrogen) atoms. The van der Waals surface area contributed by atoms with E-state index in [9.17, 15) is 4.79 Å². The third-order valence-electron chi connectivity index (χ3n) is 6.18. The van der Waals surface area contributed by atoms with E-state index in [1.54, 1.807) is 0 Å². The number of hydrogen-bond donors (Lipinski definition) is 0. The van der Waals surface area contributed by atoms with Crippen molar-refractivity contribution in [1.82, 2.24) is 9.80 Å². The second-order valence-electron chi connectivity index (χ2n) is 8.12. The molecule has 1 atom stereocenters. The first-order valence-electron chi connectivity index (χ1n) is 10.5. The van der Waals surface area contributed by atoms with Crippen molar-refractivity contribution in [3.8, 4) is 0 Å². The van der Waals surface area contributed by atoms with Gasteiger partial charge in [-0.2, -0.15) is 0 Å². The Morgan fingerprint density at radius 3 is 2.04 bits per heavy atom. The Kier molecular flexibility index (Phi) is 6.23. The van der Waals surface area contributed by atoms with Crippen LogP contribution in [0.25, 0.3) is 0 Å². The van der Waals surface area contributed by atoms with Gasteiger partial charge in [-0.05, 0) is 49.4 Å². The molecule has 2 aliphatic rings. The van der Waals surface area contributed by atoms with Crippen molar-refractivity contribution in [3.63, 3.8) is 0 Å².